The second-order valence-electron chi connectivity index (χ2n) is 7.16. The number of amides is 1. The van der Waals surface area contributed by atoms with Crippen molar-refractivity contribution in [2.45, 2.75) is 32.6 Å². The molecular weight excluding hydrogens is 312 g/mol. The van der Waals surface area contributed by atoms with E-state index >= 15 is 0 Å². The van der Waals surface area contributed by atoms with Crippen LogP contribution in [0.4, 0.5) is 5.69 Å². The van der Waals surface area contributed by atoms with Gasteiger partial charge >= 0.3 is 0 Å². The molecule has 1 aliphatic rings. The Hall–Kier alpha value is -2.14. The molecule has 0 saturated carbocycles. The van der Waals surface area contributed by atoms with Crippen LogP contribution in [-0.4, -0.2) is 40.2 Å². The van der Waals surface area contributed by atoms with Gasteiger partial charge in [-0.1, -0.05) is 24.3 Å². The molecule has 1 aromatic carbocycles. The minimum atomic E-state index is 0.0487. The largest absolute Gasteiger partial charge is 0.322 e. The first-order chi connectivity index (χ1) is 12.1. The molecule has 1 aromatic heterocycles. The molecule has 1 N–H and O–H groups in total. The fourth-order valence-electron chi connectivity index (χ4n) is 3.67. The molecule has 134 valence electrons. The summed E-state index contributed by atoms with van der Waals surface area (Å²) < 4.78 is 1.69. The number of nitrogens with one attached hydrogen (secondary N) is 1. The lowest BCUT2D eigenvalue weighted by molar-refractivity contribution is -0.117. The van der Waals surface area contributed by atoms with Gasteiger partial charge in [-0.25, -0.2) is 0 Å². The first kappa shape index (κ1) is 17.7. The van der Waals surface area contributed by atoms with Crippen molar-refractivity contribution in [3.05, 3.63) is 47.8 Å². The Labute approximate surface area is 150 Å². The Morgan fingerprint density at radius 2 is 2.20 bits per heavy atom. The molecular formula is C20H28N4O. The number of aromatic nitrogens is 2. The summed E-state index contributed by atoms with van der Waals surface area (Å²) in [5.41, 5.74) is 3.60. The van der Waals surface area contributed by atoms with Gasteiger partial charge in [0.15, 0.2) is 0 Å². The molecule has 3 rings (SSSR count). The molecule has 1 atom stereocenters. The van der Waals surface area contributed by atoms with Crippen molar-refractivity contribution in [1.29, 1.82) is 0 Å². The molecule has 1 aliphatic heterocycles. The van der Waals surface area contributed by atoms with E-state index in [1.54, 1.807) is 10.9 Å². The Morgan fingerprint density at radius 3 is 2.96 bits per heavy atom. The van der Waals surface area contributed by atoms with Gasteiger partial charge in [-0.05, 0) is 56.2 Å². The number of carbonyl (C=O) groups excluding carboxylic acids is 1. The van der Waals surface area contributed by atoms with Crippen molar-refractivity contribution >= 4 is 11.6 Å². The van der Waals surface area contributed by atoms with Crippen LogP contribution >= 0.6 is 0 Å². The standard InChI is InChI=1S/C20H28N4O/c1-16-6-3-4-8-18(16)10-9-17-7-5-11-24(13-17)15-20(25)22-19-12-21-23(2)14-19/h3-4,6,8,12,14,17H,5,7,9-11,13,15H2,1-2H3,(H,22,25)/t17-/m1/s1. The van der Waals surface area contributed by atoms with Gasteiger partial charge in [-0.2, -0.15) is 5.10 Å². The van der Waals surface area contributed by atoms with Gasteiger partial charge in [0.2, 0.25) is 5.91 Å². The highest BCUT2D eigenvalue weighted by molar-refractivity contribution is 5.91. The van der Waals surface area contributed by atoms with Crippen LogP contribution in [0.2, 0.25) is 0 Å². The second kappa shape index (κ2) is 8.30. The number of carbonyl (C=O) groups is 1. The molecule has 25 heavy (non-hydrogen) atoms. The van der Waals surface area contributed by atoms with Crippen molar-refractivity contribution in [1.82, 2.24) is 14.7 Å². The van der Waals surface area contributed by atoms with Crippen molar-refractivity contribution < 1.29 is 4.79 Å². The average molecular weight is 340 g/mol. The van der Waals surface area contributed by atoms with E-state index < -0.39 is 0 Å². The van der Waals surface area contributed by atoms with Gasteiger partial charge in [0, 0.05) is 19.8 Å². The summed E-state index contributed by atoms with van der Waals surface area (Å²) in [6, 6.07) is 8.64. The average Bonchev–Trinajstić information content (AvgIpc) is 2.99. The number of piperidine rings is 1. The highest BCUT2D eigenvalue weighted by Crippen LogP contribution is 2.22. The van der Waals surface area contributed by atoms with E-state index in [0.29, 0.717) is 12.5 Å². The number of likely N-dealkylation sites (tertiary alicyclic amines) is 1. The Kier molecular flexibility index (Phi) is 5.87. The van der Waals surface area contributed by atoms with E-state index in [1.165, 1.54) is 30.4 Å². The van der Waals surface area contributed by atoms with E-state index in [4.69, 9.17) is 0 Å². The van der Waals surface area contributed by atoms with E-state index in [1.807, 2.05) is 13.2 Å². The third-order valence-electron chi connectivity index (χ3n) is 5.04. The summed E-state index contributed by atoms with van der Waals surface area (Å²) in [4.78, 5) is 14.5. The summed E-state index contributed by atoms with van der Waals surface area (Å²) in [6.45, 7) is 4.69. The van der Waals surface area contributed by atoms with Crippen LogP contribution in [0.3, 0.4) is 0 Å². The van der Waals surface area contributed by atoms with Gasteiger partial charge in [0.05, 0.1) is 18.4 Å². The number of aryl methyl sites for hydroxylation is 3. The molecule has 0 bridgehead atoms. The lowest BCUT2D eigenvalue weighted by Gasteiger charge is -2.32. The zero-order valence-electron chi connectivity index (χ0n) is 15.2. The minimum Gasteiger partial charge on any atom is -0.322 e. The van der Waals surface area contributed by atoms with E-state index in [-0.39, 0.29) is 5.91 Å². The van der Waals surface area contributed by atoms with Gasteiger partial charge in [0.1, 0.15) is 0 Å². The quantitative estimate of drug-likeness (QED) is 0.879. The van der Waals surface area contributed by atoms with Gasteiger partial charge < -0.3 is 5.32 Å². The van der Waals surface area contributed by atoms with Crippen molar-refractivity contribution in [3.63, 3.8) is 0 Å². The predicted octanol–water partition coefficient (Wildman–Crippen LogP) is 3.01. The molecule has 1 saturated heterocycles. The van der Waals surface area contributed by atoms with Crippen LogP contribution in [0, 0.1) is 12.8 Å². The van der Waals surface area contributed by atoms with Crippen LogP contribution in [-0.2, 0) is 18.3 Å². The molecule has 1 fully saturated rings. The summed E-state index contributed by atoms with van der Waals surface area (Å²) in [5, 5.41) is 7.00. The SMILES string of the molecule is Cc1ccccc1CC[C@H]1CCCN(CC(=O)Nc2cnn(C)c2)C1. The van der Waals surface area contributed by atoms with E-state index in [0.717, 1.165) is 25.2 Å². The fraction of sp³-hybridized carbons (Fsp3) is 0.500. The maximum Gasteiger partial charge on any atom is 0.238 e. The van der Waals surface area contributed by atoms with Gasteiger partial charge in [0.25, 0.3) is 0 Å². The second-order valence-corrected chi connectivity index (χ2v) is 7.16. The topological polar surface area (TPSA) is 50.2 Å². The smallest absolute Gasteiger partial charge is 0.238 e. The molecule has 1 amide bonds. The number of rotatable bonds is 6. The molecule has 0 aliphatic carbocycles. The van der Waals surface area contributed by atoms with E-state index in [9.17, 15) is 4.79 Å². The number of hydrogen-bond acceptors (Lipinski definition) is 3. The first-order valence-corrected chi connectivity index (χ1v) is 9.15. The van der Waals surface area contributed by atoms with Gasteiger partial charge in [-0.15, -0.1) is 0 Å². The maximum absolute atomic E-state index is 12.2. The summed E-state index contributed by atoms with van der Waals surface area (Å²) >= 11 is 0. The number of hydrogen-bond donors (Lipinski definition) is 1. The monoisotopic (exact) mass is 340 g/mol. The molecule has 2 heterocycles. The lowest BCUT2D eigenvalue weighted by Crippen LogP contribution is -2.40. The lowest BCUT2D eigenvalue weighted by atomic mass is 9.90. The van der Waals surface area contributed by atoms with Crippen LogP contribution in [0.5, 0.6) is 0 Å². The van der Waals surface area contributed by atoms with Crippen molar-refractivity contribution in [2.24, 2.45) is 13.0 Å². The summed E-state index contributed by atoms with van der Waals surface area (Å²) in [5.74, 6) is 0.729. The summed E-state index contributed by atoms with van der Waals surface area (Å²) in [6.07, 6.45) is 8.28. The third kappa shape index (κ3) is 5.16. The molecule has 5 heteroatoms. The van der Waals surface area contributed by atoms with E-state index in [2.05, 4.69) is 46.5 Å². The number of anilines is 1. The number of nitrogens with zero attached hydrogens (tertiary/aromatic N) is 3. The highest BCUT2D eigenvalue weighted by Gasteiger charge is 2.21. The summed E-state index contributed by atoms with van der Waals surface area (Å²) in [7, 11) is 1.85. The predicted molar refractivity (Wildman–Crippen MR) is 101 cm³/mol. The van der Waals surface area contributed by atoms with Gasteiger partial charge in [-0.3, -0.25) is 14.4 Å². The van der Waals surface area contributed by atoms with Crippen molar-refractivity contribution in [2.75, 3.05) is 25.0 Å². The zero-order chi connectivity index (χ0) is 17.6. The van der Waals surface area contributed by atoms with Crippen LogP contribution in [0.1, 0.15) is 30.4 Å². The molecule has 0 unspecified atom stereocenters. The molecule has 0 radical (unpaired) electrons. The van der Waals surface area contributed by atoms with Crippen molar-refractivity contribution in [3.8, 4) is 0 Å². The Balaban J connectivity index is 1.46. The van der Waals surface area contributed by atoms with Crippen LogP contribution < -0.4 is 5.32 Å². The molecule has 5 nitrogen and oxygen atoms in total. The Bertz CT molecular complexity index is 709. The fourth-order valence-corrected chi connectivity index (χ4v) is 3.67. The highest BCUT2D eigenvalue weighted by atomic mass is 16.2. The number of benzene rings is 1. The van der Waals surface area contributed by atoms with Crippen LogP contribution in [0.15, 0.2) is 36.7 Å². The zero-order valence-corrected chi connectivity index (χ0v) is 15.2. The molecule has 0 spiro atoms. The maximum atomic E-state index is 12.2. The van der Waals surface area contributed by atoms with Crippen LogP contribution in [0.25, 0.3) is 0 Å². The third-order valence-corrected chi connectivity index (χ3v) is 5.04. The first-order valence-electron chi connectivity index (χ1n) is 9.15. The minimum absolute atomic E-state index is 0.0487. The molecule has 2 aromatic rings. The normalized spacial score (nSPS) is 18.2. The Morgan fingerprint density at radius 1 is 1.36 bits per heavy atom.